The van der Waals surface area contributed by atoms with Crippen LogP contribution >= 0.6 is 0 Å². The van der Waals surface area contributed by atoms with Crippen molar-refractivity contribution < 1.29 is 9.90 Å². The second-order valence-electron chi connectivity index (χ2n) is 9.54. The summed E-state index contributed by atoms with van der Waals surface area (Å²) in [5, 5.41) is 9.07. The monoisotopic (exact) mass is 419 g/mol. The molecule has 2 heterocycles. The summed E-state index contributed by atoms with van der Waals surface area (Å²) in [6.45, 7) is 6.26. The number of piperidine rings is 1. The van der Waals surface area contributed by atoms with Gasteiger partial charge in [0.2, 0.25) is 0 Å². The van der Waals surface area contributed by atoms with E-state index in [1.54, 1.807) is 12.1 Å². The van der Waals surface area contributed by atoms with Crippen LogP contribution in [0.1, 0.15) is 48.9 Å². The fourth-order valence-corrected chi connectivity index (χ4v) is 5.78. The van der Waals surface area contributed by atoms with Crippen LogP contribution in [0.5, 0.6) is 0 Å². The van der Waals surface area contributed by atoms with Gasteiger partial charge in [-0.1, -0.05) is 12.8 Å². The molecule has 0 amide bonds. The molecule has 164 valence electrons. The van der Waals surface area contributed by atoms with E-state index in [-0.39, 0.29) is 0 Å². The summed E-state index contributed by atoms with van der Waals surface area (Å²) in [6.07, 6.45) is 8.52. The van der Waals surface area contributed by atoms with Gasteiger partial charge >= 0.3 is 5.97 Å². The maximum Gasteiger partial charge on any atom is 0.335 e. The van der Waals surface area contributed by atoms with Gasteiger partial charge in [-0.2, -0.15) is 0 Å². The van der Waals surface area contributed by atoms with Gasteiger partial charge in [0, 0.05) is 56.3 Å². The van der Waals surface area contributed by atoms with Crippen molar-refractivity contribution in [2.75, 3.05) is 54.0 Å². The van der Waals surface area contributed by atoms with E-state index in [2.05, 4.69) is 39.0 Å². The van der Waals surface area contributed by atoms with Gasteiger partial charge < -0.3 is 19.8 Å². The number of hydrogen-bond acceptors (Lipinski definition) is 4. The Morgan fingerprint density at radius 1 is 0.613 bits per heavy atom. The third-order valence-corrected chi connectivity index (χ3v) is 7.83. The first kappa shape index (κ1) is 20.2. The van der Waals surface area contributed by atoms with Crippen molar-refractivity contribution in [2.24, 2.45) is 5.41 Å². The SMILES string of the molecule is O=C(O)c1ccc(N2CCN(c3ccc(N4CCC5(CCCC5)CC4)cc3)CC2)cc1. The van der Waals surface area contributed by atoms with Crippen molar-refractivity contribution in [3.63, 3.8) is 0 Å². The first-order valence-corrected chi connectivity index (χ1v) is 11.8. The highest BCUT2D eigenvalue weighted by Crippen LogP contribution is 2.46. The van der Waals surface area contributed by atoms with Crippen LogP contribution in [-0.2, 0) is 0 Å². The van der Waals surface area contributed by atoms with Crippen LogP contribution in [0.15, 0.2) is 48.5 Å². The standard InChI is InChI=1S/C26H33N3O2/c30-25(31)21-3-5-22(6-4-21)28-17-19-29(20-18-28)24-9-7-23(8-10-24)27-15-13-26(14-16-27)11-1-2-12-26/h3-10H,1-2,11-20H2,(H,30,31). The fourth-order valence-electron chi connectivity index (χ4n) is 5.78. The summed E-state index contributed by atoms with van der Waals surface area (Å²) < 4.78 is 0. The minimum atomic E-state index is -0.873. The molecule has 2 aliphatic heterocycles. The Kier molecular flexibility index (Phi) is 5.51. The van der Waals surface area contributed by atoms with Crippen LogP contribution in [0.3, 0.4) is 0 Å². The van der Waals surface area contributed by atoms with E-state index in [0.29, 0.717) is 11.0 Å². The van der Waals surface area contributed by atoms with Gasteiger partial charge in [0.05, 0.1) is 5.56 Å². The van der Waals surface area contributed by atoms with Crippen molar-refractivity contribution in [2.45, 2.75) is 38.5 Å². The molecule has 0 aromatic heterocycles. The number of anilines is 3. The number of nitrogens with zero attached hydrogens (tertiary/aromatic N) is 3. The van der Waals surface area contributed by atoms with Crippen LogP contribution in [0.25, 0.3) is 0 Å². The second kappa shape index (κ2) is 8.45. The Morgan fingerprint density at radius 3 is 1.42 bits per heavy atom. The van der Waals surface area contributed by atoms with Gasteiger partial charge in [0.25, 0.3) is 0 Å². The molecule has 5 nitrogen and oxygen atoms in total. The largest absolute Gasteiger partial charge is 0.478 e. The Hall–Kier alpha value is -2.69. The Labute approximate surface area is 185 Å². The molecule has 5 heteroatoms. The first-order valence-electron chi connectivity index (χ1n) is 11.8. The quantitative estimate of drug-likeness (QED) is 0.766. The van der Waals surface area contributed by atoms with Crippen LogP contribution < -0.4 is 14.7 Å². The van der Waals surface area contributed by atoms with E-state index in [0.717, 1.165) is 31.9 Å². The van der Waals surface area contributed by atoms with E-state index in [1.807, 2.05) is 12.1 Å². The van der Waals surface area contributed by atoms with E-state index in [9.17, 15) is 4.79 Å². The topological polar surface area (TPSA) is 47.0 Å². The van der Waals surface area contributed by atoms with E-state index >= 15 is 0 Å². The number of aromatic carboxylic acids is 1. The van der Waals surface area contributed by atoms with Crippen molar-refractivity contribution in [1.82, 2.24) is 0 Å². The molecule has 3 aliphatic rings. The number of benzene rings is 2. The molecular formula is C26H33N3O2. The van der Waals surface area contributed by atoms with Gasteiger partial charge in [0.1, 0.15) is 0 Å². The lowest BCUT2D eigenvalue weighted by atomic mass is 9.77. The molecule has 2 aromatic carbocycles. The summed E-state index contributed by atoms with van der Waals surface area (Å²) in [4.78, 5) is 18.4. The van der Waals surface area contributed by atoms with Crippen LogP contribution in [0.4, 0.5) is 17.1 Å². The molecule has 31 heavy (non-hydrogen) atoms. The summed E-state index contributed by atoms with van der Waals surface area (Å²) in [6, 6.07) is 16.4. The van der Waals surface area contributed by atoms with Crippen molar-refractivity contribution in [3.05, 3.63) is 54.1 Å². The predicted octanol–water partition coefficient (Wildman–Crippen LogP) is 4.87. The van der Waals surface area contributed by atoms with E-state index in [4.69, 9.17) is 5.11 Å². The Balaban J connectivity index is 1.15. The van der Waals surface area contributed by atoms with Crippen LogP contribution in [0, 0.1) is 5.41 Å². The summed E-state index contributed by atoms with van der Waals surface area (Å²) >= 11 is 0. The zero-order chi connectivity index (χ0) is 21.3. The molecule has 1 saturated carbocycles. The third-order valence-electron chi connectivity index (χ3n) is 7.83. The molecule has 3 fully saturated rings. The molecule has 0 unspecified atom stereocenters. The van der Waals surface area contributed by atoms with Gasteiger partial charge in [-0.15, -0.1) is 0 Å². The normalized spacial score (nSPS) is 21.0. The van der Waals surface area contributed by atoms with Gasteiger partial charge in [0.15, 0.2) is 0 Å². The molecule has 5 rings (SSSR count). The molecule has 1 spiro atoms. The van der Waals surface area contributed by atoms with E-state index < -0.39 is 5.97 Å². The lowest BCUT2D eigenvalue weighted by Gasteiger charge is -2.41. The molecular weight excluding hydrogens is 386 g/mol. The van der Waals surface area contributed by atoms with Gasteiger partial charge in [-0.05, 0) is 79.6 Å². The summed E-state index contributed by atoms with van der Waals surface area (Å²) in [5.74, 6) is -0.873. The molecule has 2 aromatic rings. The highest BCUT2D eigenvalue weighted by molar-refractivity contribution is 5.88. The van der Waals surface area contributed by atoms with E-state index in [1.165, 1.54) is 63.0 Å². The fraction of sp³-hybridized carbons (Fsp3) is 0.500. The maximum absolute atomic E-state index is 11.0. The maximum atomic E-state index is 11.0. The molecule has 0 bridgehead atoms. The van der Waals surface area contributed by atoms with Crippen molar-refractivity contribution in [3.8, 4) is 0 Å². The Bertz CT molecular complexity index is 885. The predicted molar refractivity (Wildman–Crippen MR) is 127 cm³/mol. The van der Waals surface area contributed by atoms with Crippen LogP contribution in [0.2, 0.25) is 0 Å². The number of carboxylic acid groups (broad SMARTS) is 1. The van der Waals surface area contributed by atoms with Gasteiger partial charge in [-0.3, -0.25) is 0 Å². The molecule has 1 N–H and O–H groups in total. The lowest BCUT2D eigenvalue weighted by molar-refractivity contribution is 0.0697. The minimum Gasteiger partial charge on any atom is -0.478 e. The summed E-state index contributed by atoms with van der Waals surface area (Å²) in [5.41, 5.74) is 4.78. The lowest BCUT2D eigenvalue weighted by Crippen LogP contribution is -2.46. The summed E-state index contributed by atoms with van der Waals surface area (Å²) in [7, 11) is 0. The molecule has 0 radical (unpaired) electrons. The second-order valence-corrected chi connectivity index (χ2v) is 9.54. The Morgan fingerprint density at radius 2 is 1.00 bits per heavy atom. The van der Waals surface area contributed by atoms with Crippen molar-refractivity contribution >= 4 is 23.0 Å². The third kappa shape index (κ3) is 4.23. The number of hydrogen-bond donors (Lipinski definition) is 1. The van der Waals surface area contributed by atoms with Crippen LogP contribution in [-0.4, -0.2) is 50.3 Å². The van der Waals surface area contributed by atoms with Crippen molar-refractivity contribution in [1.29, 1.82) is 0 Å². The molecule has 0 atom stereocenters. The highest BCUT2D eigenvalue weighted by Gasteiger charge is 2.36. The zero-order valence-electron chi connectivity index (χ0n) is 18.3. The molecule has 1 aliphatic carbocycles. The molecule has 2 saturated heterocycles. The smallest absolute Gasteiger partial charge is 0.335 e. The number of piperazine rings is 1. The zero-order valence-corrected chi connectivity index (χ0v) is 18.3. The average Bonchev–Trinajstić information content (AvgIpc) is 3.28. The number of rotatable bonds is 4. The number of carbonyl (C=O) groups is 1. The average molecular weight is 420 g/mol. The van der Waals surface area contributed by atoms with Gasteiger partial charge in [-0.25, -0.2) is 4.79 Å². The minimum absolute atomic E-state index is 0.342. The highest BCUT2D eigenvalue weighted by atomic mass is 16.4. The number of carboxylic acids is 1. The first-order chi connectivity index (χ1) is 15.1.